The van der Waals surface area contributed by atoms with Gasteiger partial charge in [0, 0.05) is 6.54 Å². The van der Waals surface area contributed by atoms with E-state index in [-0.39, 0.29) is 18.3 Å². The van der Waals surface area contributed by atoms with Gasteiger partial charge in [-0.2, -0.15) is 0 Å². The minimum absolute atomic E-state index is 0. The van der Waals surface area contributed by atoms with Gasteiger partial charge in [0.15, 0.2) is 0 Å². The average Bonchev–Trinajstić information content (AvgIpc) is 3.00. The van der Waals surface area contributed by atoms with Crippen LogP contribution in [0.25, 0.3) is 0 Å². The van der Waals surface area contributed by atoms with Crippen LogP contribution in [0.4, 0.5) is 0 Å². The highest BCUT2D eigenvalue weighted by molar-refractivity contribution is 5.93. The molecule has 0 aliphatic heterocycles. The number of furan rings is 1. The molecule has 1 amide bonds. The number of hydrogen-bond acceptors (Lipinski definition) is 4. The summed E-state index contributed by atoms with van der Waals surface area (Å²) in [6.07, 6.45) is 3.18. The third kappa shape index (κ3) is 5.09. The molecule has 2 rings (SSSR count). The number of ether oxygens (including phenoxy) is 1. The van der Waals surface area contributed by atoms with Gasteiger partial charge in [-0.25, -0.2) is 0 Å². The van der Waals surface area contributed by atoms with Crippen LogP contribution in [0.2, 0.25) is 0 Å². The molecule has 0 saturated heterocycles. The van der Waals surface area contributed by atoms with E-state index in [9.17, 15) is 4.79 Å². The Kier molecular flexibility index (Phi) is 7.49. The fourth-order valence-electron chi connectivity index (χ4n) is 2.03. The zero-order valence-corrected chi connectivity index (χ0v) is 13.3. The highest BCUT2D eigenvalue weighted by Crippen LogP contribution is 2.13. The van der Waals surface area contributed by atoms with Crippen molar-refractivity contribution in [3.63, 3.8) is 0 Å². The summed E-state index contributed by atoms with van der Waals surface area (Å²) in [5, 5.41) is 2.86. The molecule has 5 nitrogen and oxygen atoms in total. The molecule has 0 unspecified atom stereocenters. The molecule has 0 atom stereocenters. The van der Waals surface area contributed by atoms with Gasteiger partial charge in [-0.1, -0.05) is 12.1 Å². The summed E-state index contributed by atoms with van der Waals surface area (Å²) in [7, 11) is 1.65. The number of hydrogen-bond donors (Lipinski definition) is 2. The van der Waals surface area contributed by atoms with E-state index < -0.39 is 0 Å². The maximum atomic E-state index is 11.9. The molecular weight excluding hydrogens is 304 g/mol. The maximum Gasteiger partial charge on any atom is 0.254 e. The van der Waals surface area contributed by atoms with Crippen LogP contribution < -0.4 is 15.8 Å². The lowest BCUT2D eigenvalue weighted by Crippen LogP contribution is -2.24. The number of amides is 1. The number of rotatable bonds is 7. The first-order chi connectivity index (χ1) is 10.2. The molecule has 0 aliphatic carbocycles. The van der Waals surface area contributed by atoms with Crippen molar-refractivity contribution >= 4 is 18.3 Å². The monoisotopic (exact) mass is 324 g/mol. The first-order valence-electron chi connectivity index (χ1n) is 6.91. The minimum atomic E-state index is -0.135. The topological polar surface area (TPSA) is 77.5 Å². The second-order valence-corrected chi connectivity index (χ2v) is 4.72. The van der Waals surface area contributed by atoms with Crippen molar-refractivity contribution in [2.75, 3.05) is 13.7 Å². The van der Waals surface area contributed by atoms with Crippen molar-refractivity contribution in [2.45, 2.75) is 19.4 Å². The number of aryl methyl sites for hydroxylation is 1. The van der Waals surface area contributed by atoms with Crippen LogP contribution in [0.1, 0.15) is 28.1 Å². The van der Waals surface area contributed by atoms with Crippen LogP contribution in [0.5, 0.6) is 5.75 Å². The maximum absolute atomic E-state index is 11.9. The Morgan fingerprint density at radius 1 is 1.36 bits per heavy atom. The Bertz CT molecular complexity index is 599. The minimum Gasteiger partial charge on any atom is -0.497 e. The molecular formula is C16H21ClN2O3. The zero-order chi connectivity index (χ0) is 15.1. The van der Waals surface area contributed by atoms with Gasteiger partial charge in [0.05, 0.1) is 19.2 Å². The van der Waals surface area contributed by atoms with Gasteiger partial charge in [0.1, 0.15) is 17.8 Å². The SMILES string of the molecule is COc1cccc(CCCNC(=O)c2coc(CN)c2)c1.Cl. The predicted molar refractivity (Wildman–Crippen MR) is 87.5 cm³/mol. The fourth-order valence-corrected chi connectivity index (χ4v) is 2.03. The van der Waals surface area contributed by atoms with Crippen LogP contribution >= 0.6 is 12.4 Å². The van der Waals surface area contributed by atoms with Gasteiger partial charge < -0.3 is 20.2 Å². The molecule has 1 heterocycles. The van der Waals surface area contributed by atoms with Crippen molar-refractivity contribution in [2.24, 2.45) is 5.73 Å². The third-order valence-electron chi connectivity index (χ3n) is 3.18. The Morgan fingerprint density at radius 2 is 2.18 bits per heavy atom. The van der Waals surface area contributed by atoms with Crippen molar-refractivity contribution in [3.05, 3.63) is 53.5 Å². The van der Waals surface area contributed by atoms with Crippen LogP contribution in [0.15, 0.2) is 41.0 Å². The molecule has 0 aliphatic rings. The van der Waals surface area contributed by atoms with Gasteiger partial charge in [0.2, 0.25) is 0 Å². The summed E-state index contributed by atoms with van der Waals surface area (Å²) in [5.74, 6) is 1.32. The summed E-state index contributed by atoms with van der Waals surface area (Å²) in [5.41, 5.74) is 7.14. The van der Waals surface area contributed by atoms with E-state index in [1.54, 1.807) is 13.2 Å². The number of benzene rings is 1. The number of carbonyl (C=O) groups excluding carboxylic acids is 1. The Balaban J connectivity index is 0.00000242. The van der Waals surface area contributed by atoms with E-state index in [0.717, 1.165) is 18.6 Å². The van der Waals surface area contributed by atoms with E-state index in [1.165, 1.54) is 11.8 Å². The number of halogens is 1. The van der Waals surface area contributed by atoms with Crippen LogP contribution in [-0.2, 0) is 13.0 Å². The predicted octanol–water partition coefficient (Wildman–Crippen LogP) is 2.53. The molecule has 6 heteroatoms. The Morgan fingerprint density at radius 3 is 2.86 bits per heavy atom. The van der Waals surface area contributed by atoms with E-state index in [0.29, 0.717) is 24.4 Å². The summed E-state index contributed by atoms with van der Waals surface area (Å²) in [6.45, 7) is 0.905. The molecule has 0 bridgehead atoms. The quantitative estimate of drug-likeness (QED) is 0.767. The summed E-state index contributed by atoms with van der Waals surface area (Å²) < 4.78 is 10.3. The van der Waals surface area contributed by atoms with Gasteiger partial charge in [-0.05, 0) is 36.6 Å². The van der Waals surface area contributed by atoms with Crippen molar-refractivity contribution in [1.82, 2.24) is 5.32 Å². The Hall–Kier alpha value is -1.98. The summed E-state index contributed by atoms with van der Waals surface area (Å²) in [6, 6.07) is 9.60. The lowest BCUT2D eigenvalue weighted by Gasteiger charge is -2.05. The molecule has 0 saturated carbocycles. The molecule has 0 spiro atoms. The summed E-state index contributed by atoms with van der Waals surface area (Å²) >= 11 is 0. The number of methoxy groups -OCH3 is 1. The molecule has 1 aromatic carbocycles. The van der Waals surface area contributed by atoms with Crippen LogP contribution in [0, 0.1) is 0 Å². The molecule has 2 aromatic rings. The first kappa shape index (κ1) is 18.1. The molecule has 120 valence electrons. The van der Waals surface area contributed by atoms with Crippen molar-refractivity contribution < 1.29 is 13.9 Å². The standard InChI is InChI=1S/C16H20N2O3.ClH/c1-20-14-6-2-4-12(8-14)5-3-7-18-16(19)13-9-15(10-17)21-11-13;/h2,4,6,8-9,11H,3,5,7,10,17H2,1H3,(H,18,19);1H. The van der Waals surface area contributed by atoms with E-state index in [2.05, 4.69) is 5.32 Å². The third-order valence-corrected chi connectivity index (χ3v) is 3.18. The zero-order valence-electron chi connectivity index (χ0n) is 12.5. The lowest BCUT2D eigenvalue weighted by molar-refractivity contribution is 0.0952. The first-order valence-corrected chi connectivity index (χ1v) is 6.91. The van der Waals surface area contributed by atoms with Crippen LogP contribution in [-0.4, -0.2) is 19.6 Å². The molecule has 0 fully saturated rings. The van der Waals surface area contributed by atoms with E-state index in [4.69, 9.17) is 14.9 Å². The molecule has 22 heavy (non-hydrogen) atoms. The van der Waals surface area contributed by atoms with Crippen LogP contribution in [0.3, 0.4) is 0 Å². The average molecular weight is 325 g/mol. The van der Waals surface area contributed by atoms with Gasteiger partial charge >= 0.3 is 0 Å². The fraction of sp³-hybridized carbons (Fsp3) is 0.312. The van der Waals surface area contributed by atoms with E-state index in [1.807, 2.05) is 24.3 Å². The molecule has 3 N–H and O–H groups in total. The normalized spacial score (nSPS) is 9.91. The van der Waals surface area contributed by atoms with Gasteiger partial charge in [0.25, 0.3) is 5.91 Å². The summed E-state index contributed by atoms with van der Waals surface area (Å²) in [4.78, 5) is 11.9. The smallest absolute Gasteiger partial charge is 0.254 e. The van der Waals surface area contributed by atoms with Gasteiger partial charge in [-0.3, -0.25) is 4.79 Å². The Labute approximate surface area is 136 Å². The molecule has 1 aromatic heterocycles. The highest BCUT2D eigenvalue weighted by atomic mass is 35.5. The second-order valence-electron chi connectivity index (χ2n) is 4.72. The molecule has 0 radical (unpaired) electrons. The number of carbonyl (C=O) groups is 1. The van der Waals surface area contributed by atoms with E-state index >= 15 is 0 Å². The largest absolute Gasteiger partial charge is 0.497 e. The van der Waals surface area contributed by atoms with Crippen molar-refractivity contribution in [3.8, 4) is 5.75 Å². The lowest BCUT2D eigenvalue weighted by atomic mass is 10.1. The second kappa shape index (κ2) is 9.12. The van der Waals surface area contributed by atoms with Gasteiger partial charge in [-0.15, -0.1) is 12.4 Å². The highest BCUT2D eigenvalue weighted by Gasteiger charge is 2.08. The number of nitrogens with one attached hydrogen (secondary N) is 1. The van der Waals surface area contributed by atoms with Crippen molar-refractivity contribution in [1.29, 1.82) is 0 Å². The number of nitrogens with two attached hydrogens (primary N) is 1.